The first-order valence-electron chi connectivity index (χ1n) is 10.6. The number of halogens is 1. The van der Waals surface area contributed by atoms with Gasteiger partial charge in [-0.05, 0) is 43.5 Å². The van der Waals surface area contributed by atoms with E-state index in [2.05, 4.69) is 64.6 Å². The third-order valence-electron chi connectivity index (χ3n) is 4.45. The maximum atomic E-state index is 6.53. The molecular formula is C25H36BrN5O. The summed E-state index contributed by atoms with van der Waals surface area (Å²) in [5.41, 5.74) is 4.78. The Bertz CT molecular complexity index is 854. The lowest BCUT2D eigenvalue weighted by Gasteiger charge is -2.31. The van der Waals surface area contributed by atoms with Crippen molar-refractivity contribution in [3.05, 3.63) is 95.2 Å². The van der Waals surface area contributed by atoms with Gasteiger partial charge in [-0.25, -0.2) is 16.7 Å². The summed E-state index contributed by atoms with van der Waals surface area (Å²) in [4.78, 5) is 4.52. The molecule has 0 heterocycles. The first-order chi connectivity index (χ1) is 15.5. The smallest absolute Gasteiger partial charge is 0.223 e. The van der Waals surface area contributed by atoms with E-state index in [-0.39, 0.29) is 12.1 Å². The number of allylic oxidation sites excluding steroid dienone is 1. The summed E-state index contributed by atoms with van der Waals surface area (Å²) in [7, 11) is 0. The summed E-state index contributed by atoms with van der Waals surface area (Å²) in [6.45, 7) is 12.5. The van der Waals surface area contributed by atoms with Gasteiger partial charge >= 0.3 is 0 Å². The summed E-state index contributed by atoms with van der Waals surface area (Å²) in [5.74, 6) is 13.6. The van der Waals surface area contributed by atoms with E-state index in [0.29, 0.717) is 19.0 Å². The molecule has 2 aromatic rings. The second kappa shape index (κ2) is 15.2. The predicted octanol–water partition coefficient (Wildman–Crippen LogP) is 5.60. The molecule has 0 saturated carbocycles. The van der Waals surface area contributed by atoms with E-state index in [1.54, 1.807) is 5.01 Å². The van der Waals surface area contributed by atoms with E-state index in [1.165, 1.54) is 0 Å². The summed E-state index contributed by atoms with van der Waals surface area (Å²) in [6.07, 6.45) is 3.52. The van der Waals surface area contributed by atoms with Crippen molar-refractivity contribution >= 4 is 21.9 Å². The number of ether oxygens (including phenoxy) is 1. The van der Waals surface area contributed by atoms with Crippen molar-refractivity contribution in [1.82, 2.24) is 10.4 Å². The number of rotatable bonds is 9. The Balaban J connectivity index is 0.00000249. The first-order valence-corrected chi connectivity index (χ1v) is 11.4. The lowest BCUT2D eigenvalue weighted by atomic mass is 10.0. The van der Waals surface area contributed by atoms with Gasteiger partial charge in [0, 0.05) is 16.9 Å². The predicted molar refractivity (Wildman–Crippen MR) is 138 cm³/mol. The summed E-state index contributed by atoms with van der Waals surface area (Å²) in [5, 5.41) is 1.58. The molecule has 0 amide bonds. The van der Waals surface area contributed by atoms with Crippen LogP contribution in [-0.4, -0.2) is 17.0 Å². The zero-order valence-corrected chi connectivity index (χ0v) is 20.9. The Kier molecular flexibility index (Phi) is 13.1. The zero-order valence-electron chi connectivity index (χ0n) is 19.3. The Morgan fingerprint density at radius 3 is 2.34 bits per heavy atom. The van der Waals surface area contributed by atoms with Gasteiger partial charge in [0.25, 0.3) is 0 Å². The number of guanidine groups is 1. The minimum atomic E-state index is -0.234. The highest BCUT2D eigenvalue weighted by molar-refractivity contribution is 9.10. The van der Waals surface area contributed by atoms with Gasteiger partial charge in [0.15, 0.2) is 0 Å². The molecule has 1 atom stereocenters. The van der Waals surface area contributed by atoms with Crippen molar-refractivity contribution in [3.8, 4) is 0 Å². The van der Waals surface area contributed by atoms with Crippen LogP contribution in [0.1, 0.15) is 50.8 Å². The van der Waals surface area contributed by atoms with E-state index >= 15 is 0 Å². The fourth-order valence-electron chi connectivity index (χ4n) is 3.04. The topological polar surface area (TPSA) is 88.9 Å². The van der Waals surface area contributed by atoms with Crippen LogP contribution in [0.3, 0.4) is 0 Å². The first kappa shape index (κ1) is 27.4. The van der Waals surface area contributed by atoms with E-state index in [1.807, 2.05) is 56.3 Å². The molecule has 32 heavy (non-hydrogen) atoms. The molecule has 0 aromatic heterocycles. The molecule has 174 valence electrons. The SMILES string of the molecule is C=C.CC/C=C(\CC(c1ccccc1Br)N(N)C(=NC(C)C)NN)OCc1ccccc1. The molecule has 0 saturated heterocycles. The van der Waals surface area contributed by atoms with Gasteiger partial charge in [-0.1, -0.05) is 71.4 Å². The highest BCUT2D eigenvalue weighted by Gasteiger charge is 2.25. The lowest BCUT2D eigenvalue weighted by Crippen LogP contribution is -2.50. The molecule has 0 aliphatic carbocycles. The highest BCUT2D eigenvalue weighted by atomic mass is 79.9. The van der Waals surface area contributed by atoms with Gasteiger partial charge in [0.05, 0.1) is 11.8 Å². The highest BCUT2D eigenvalue weighted by Crippen LogP contribution is 2.32. The molecular weight excluding hydrogens is 466 g/mol. The largest absolute Gasteiger partial charge is 0.493 e. The van der Waals surface area contributed by atoms with Crippen LogP contribution in [0.15, 0.2) is 89.1 Å². The number of aliphatic imine (C=N–C) groups is 1. The van der Waals surface area contributed by atoms with Crippen molar-refractivity contribution in [1.29, 1.82) is 0 Å². The third-order valence-corrected chi connectivity index (χ3v) is 5.17. The number of hydrogen-bond donors (Lipinski definition) is 3. The van der Waals surface area contributed by atoms with Gasteiger partial charge in [-0.3, -0.25) is 10.4 Å². The van der Waals surface area contributed by atoms with Crippen molar-refractivity contribution in [2.45, 2.75) is 52.3 Å². The maximum absolute atomic E-state index is 6.53. The van der Waals surface area contributed by atoms with E-state index in [9.17, 15) is 0 Å². The summed E-state index contributed by atoms with van der Waals surface area (Å²) < 4.78 is 7.14. The van der Waals surface area contributed by atoms with Crippen LogP contribution >= 0.6 is 15.9 Å². The number of hydrogen-bond acceptors (Lipinski definition) is 4. The maximum Gasteiger partial charge on any atom is 0.223 e. The lowest BCUT2D eigenvalue weighted by molar-refractivity contribution is 0.167. The third kappa shape index (κ3) is 8.86. The molecule has 0 aliphatic heterocycles. The van der Waals surface area contributed by atoms with Crippen molar-refractivity contribution in [3.63, 3.8) is 0 Å². The van der Waals surface area contributed by atoms with Crippen LogP contribution in [0.5, 0.6) is 0 Å². The van der Waals surface area contributed by atoms with Gasteiger partial charge in [-0.2, -0.15) is 0 Å². The van der Waals surface area contributed by atoms with Crippen LogP contribution < -0.4 is 17.1 Å². The molecule has 0 bridgehead atoms. The minimum absolute atomic E-state index is 0.0435. The molecule has 0 aliphatic rings. The molecule has 7 heteroatoms. The molecule has 0 radical (unpaired) electrons. The van der Waals surface area contributed by atoms with Crippen LogP contribution in [0.4, 0.5) is 0 Å². The Morgan fingerprint density at radius 2 is 1.78 bits per heavy atom. The Hall–Kier alpha value is -2.61. The van der Waals surface area contributed by atoms with Crippen LogP contribution in [0.25, 0.3) is 0 Å². The monoisotopic (exact) mass is 501 g/mol. The fourth-order valence-corrected chi connectivity index (χ4v) is 3.59. The standard InChI is InChI=1S/C23H32BrN5O.C2H4/c1-4-10-19(30-16-18-11-6-5-7-12-18)15-22(20-13-8-9-14-21(20)24)29(26)23(28-25)27-17(2)3;1-2/h5-14,17,22H,4,15-16,25-26H2,1-3H3,(H,27,28);1-2H2/b19-10+;. The van der Waals surface area contributed by atoms with E-state index in [0.717, 1.165) is 27.8 Å². The number of nitrogens with one attached hydrogen (secondary N) is 1. The van der Waals surface area contributed by atoms with Crippen LogP contribution in [0, 0.1) is 0 Å². The average Bonchev–Trinajstić information content (AvgIpc) is 2.81. The molecule has 2 rings (SSSR count). The molecule has 6 nitrogen and oxygen atoms in total. The molecule has 2 aromatic carbocycles. The summed E-state index contributed by atoms with van der Waals surface area (Å²) >= 11 is 3.66. The van der Waals surface area contributed by atoms with Crippen molar-refractivity contribution in [2.75, 3.05) is 0 Å². The number of hydrazine groups is 2. The average molecular weight is 503 g/mol. The Morgan fingerprint density at radius 1 is 1.16 bits per heavy atom. The summed E-state index contributed by atoms with van der Waals surface area (Å²) in [6, 6.07) is 17.9. The number of nitrogens with zero attached hydrogens (tertiary/aromatic N) is 2. The van der Waals surface area contributed by atoms with Gasteiger partial charge in [-0.15, -0.1) is 13.2 Å². The Labute approximate surface area is 201 Å². The van der Waals surface area contributed by atoms with Crippen molar-refractivity contribution in [2.24, 2.45) is 16.7 Å². The van der Waals surface area contributed by atoms with Gasteiger partial charge in [0.1, 0.15) is 6.61 Å². The molecule has 1 unspecified atom stereocenters. The second-order valence-electron chi connectivity index (χ2n) is 7.19. The second-order valence-corrected chi connectivity index (χ2v) is 8.05. The van der Waals surface area contributed by atoms with E-state index in [4.69, 9.17) is 16.4 Å². The zero-order chi connectivity index (χ0) is 23.9. The molecule has 0 fully saturated rings. The number of benzene rings is 2. The number of nitrogens with two attached hydrogens (primary N) is 2. The molecule has 5 N–H and O–H groups in total. The van der Waals surface area contributed by atoms with Crippen LogP contribution in [0.2, 0.25) is 0 Å². The van der Waals surface area contributed by atoms with Gasteiger partial charge < -0.3 is 4.74 Å². The quantitative estimate of drug-likeness (QED) is 0.104. The van der Waals surface area contributed by atoms with Crippen LogP contribution in [-0.2, 0) is 11.3 Å². The fraction of sp³-hybridized carbons (Fsp3) is 0.320. The van der Waals surface area contributed by atoms with Crippen molar-refractivity contribution < 1.29 is 4.74 Å². The normalized spacial score (nSPS) is 12.6. The molecule has 0 spiro atoms. The van der Waals surface area contributed by atoms with Gasteiger partial charge in [0.2, 0.25) is 5.96 Å². The minimum Gasteiger partial charge on any atom is -0.493 e. The van der Waals surface area contributed by atoms with E-state index < -0.39 is 0 Å².